The molecule has 1 atom stereocenters. The number of anilines is 1. The molecule has 3 rings (SSSR count). The van der Waals surface area contributed by atoms with Crippen molar-refractivity contribution in [3.8, 4) is 0 Å². The minimum absolute atomic E-state index is 0.0686. The molecule has 2 aromatic carbocycles. The van der Waals surface area contributed by atoms with Crippen molar-refractivity contribution in [2.75, 3.05) is 5.32 Å². The van der Waals surface area contributed by atoms with E-state index in [4.69, 9.17) is 16.0 Å². The molecule has 1 amide bonds. The number of benzene rings is 2. The summed E-state index contributed by atoms with van der Waals surface area (Å²) in [5.41, 5.74) is -0.761. The van der Waals surface area contributed by atoms with Gasteiger partial charge in [-0.1, -0.05) is 41.9 Å². The fraction of sp³-hybridized carbons (Fsp3) is 0.150. The number of nitrogens with one attached hydrogen (secondary N) is 2. The number of alkyl halides is 3. The number of carbonyl (C=O) groups is 1. The molecule has 0 aliphatic carbocycles. The van der Waals surface area contributed by atoms with Crippen molar-refractivity contribution >= 4 is 23.2 Å². The minimum atomic E-state index is -4.66. The van der Waals surface area contributed by atoms with Crippen molar-refractivity contribution in [2.24, 2.45) is 0 Å². The van der Waals surface area contributed by atoms with Crippen molar-refractivity contribution in [3.63, 3.8) is 0 Å². The fourth-order valence-electron chi connectivity index (χ4n) is 2.69. The average Bonchev–Trinajstić information content (AvgIpc) is 3.17. The van der Waals surface area contributed by atoms with Gasteiger partial charge in [-0.05, 0) is 35.9 Å². The van der Waals surface area contributed by atoms with Crippen molar-refractivity contribution in [1.82, 2.24) is 5.32 Å². The maximum absolute atomic E-state index is 13.3. The zero-order valence-corrected chi connectivity index (χ0v) is 15.2. The Hall–Kier alpha value is -2.77. The van der Waals surface area contributed by atoms with E-state index in [0.29, 0.717) is 11.3 Å². The number of halogens is 4. The highest BCUT2D eigenvalue weighted by Crippen LogP contribution is 2.36. The second-order valence-corrected chi connectivity index (χ2v) is 6.42. The van der Waals surface area contributed by atoms with Crippen LogP contribution in [0.25, 0.3) is 0 Å². The first-order chi connectivity index (χ1) is 13.3. The Kier molecular flexibility index (Phi) is 6.06. The highest BCUT2D eigenvalue weighted by Gasteiger charge is 2.35. The normalized spacial score (nSPS) is 12.6. The van der Waals surface area contributed by atoms with Crippen LogP contribution in [0, 0.1) is 0 Å². The Morgan fingerprint density at radius 2 is 1.82 bits per heavy atom. The van der Waals surface area contributed by atoms with Gasteiger partial charge in [0.25, 0.3) is 0 Å². The van der Waals surface area contributed by atoms with Gasteiger partial charge in [0.1, 0.15) is 11.8 Å². The molecule has 3 aromatic rings. The number of furan rings is 1. The number of rotatable bonds is 6. The summed E-state index contributed by atoms with van der Waals surface area (Å²) in [5.74, 6) is -0.0400. The molecule has 0 radical (unpaired) electrons. The Morgan fingerprint density at radius 3 is 2.46 bits per heavy atom. The summed E-state index contributed by atoms with van der Waals surface area (Å²) in [4.78, 5) is 12.8. The van der Waals surface area contributed by atoms with Gasteiger partial charge in [-0.15, -0.1) is 0 Å². The number of amides is 1. The van der Waals surface area contributed by atoms with Crippen LogP contribution < -0.4 is 10.6 Å². The Labute approximate surface area is 164 Å². The summed E-state index contributed by atoms with van der Waals surface area (Å²) in [6.45, 7) is 0.229. The monoisotopic (exact) mass is 408 g/mol. The van der Waals surface area contributed by atoms with Gasteiger partial charge in [-0.25, -0.2) is 0 Å². The molecule has 1 aromatic heterocycles. The Morgan fingerprint density at radius 1 is 1.07 bits per heavy atom. The second-order valence-electron chi connectivity index (χ2n) is 5.98. The molecule has 28 heavy (non-hydrogen) atoms. The number of hydrogen-bond acceptors (Lipinski definition) is 3. The average molecular weight is 409 g/mol. The maximum Gasteiger partial charge on any atom is 0.418 e. The first kappa shape index (κ1) is 20.0. The molecule has 0 unspecified atom stereocenters. The van der Waals surface area contributed by atoms with E-state index in [0.717, 1.165) is 12.1 Å². The van der Waals surface area contributed by atoms with Gasteiger partial charge < -0.3 is 9.73 Å². The highest BCUT2D eigenvalue weighted by molar-refractivity contribution is 6.30. The number of hydrogen-bond donors (Lipinski definition) is 2. The summed E-state index contributed by atoms with van der Waals surface area (Å²) in [5, 5.41) is 5.31. The topological polar surface area (TPSA) is 54.3 Å². The first-order valence-corrected chi connectivity index (χ1v) is 8.71. The van der Waals surface area contributed by atoms with Crippen molar-refractivity contribution in [3.05, 3.63) is 88.8 Å². The van der Waals surface area contributed by atoms with Gasteiger partial charge >= 0.3 is 6.18 Å². The van der Waals surface area contributed by atoms with Gasteiger partial charge in [0.05, 0.1) is 24.1 Å². The lowest BCUT2D eigenvalue weighted by atomic mass is 10.1. The third kappa shape index (κ3) is 4.94. The van der Waals surface area contributed by atoms with Crippen LogP contribution in [0.15, 0.2) is 71.3 Å². The zero-order chi connectivity index (χ0) is 20.1. The molecule has 1 heterocycles. The summed E-state index contributed by atoms with van der Waals surface area (Å²) < 4.78 is 45.1. The van der Waals surface area contributed by atoms with Crippen LogP contribution in [0.5, 0.6) is 0 Å². The van der Waals surface area contributed by atoms with Gasteiger partial charge in [0.2, 0.25) is 5.91 Å². The molecule has 0 bridgehead atoms. The highest BCUT2D eigenvalue weighted by atomic mass is 35.5. The predicted molar refractivity (Wildman–Crippen MR) is 99.8 cm³/mol. The van der Waals surface area contributed by atoms with Crippen molar-refractivity contribution < 1.29 is 22.4 Å². The second kappa shape index (κ2) is 8.50. The molecule has 0 saturated carbocycles. The molecule has 2 N–H and O–H groups in total. The van der Waals surface area contributed by atoms with Crippen LogP contribution in [0.4, 0.5) is 18.9 Å². The van der Waals surface area contributed by atoms with E-state index in [1.807, 2.05) is 0 Å². The lowest BCUT2D eigenvalue weighted by Gasteiger charge is -2.20. The molecule has 0 spiro atoms. The molecule has 146 valence electrons. The number of carbonyl (C=O) groups excluding carboxylic acids is 1. The molecule has 0 fully saturated rings. The molecule has 0 aliphatic heterocycles. The van der Waals surface area contributed by atoms with Gasteiger partial charge in [0.15, 0.2) is 0 Å². The molecule has 8 heteroatoms. The summed E-state index contributed by atoms with van der Waals surface area (Å²) in [6, 6.07) is 14.5. The standard InChI is InChI=1S/C20H16ClF3N2O2/c21-14-8-9-17(16(11-14)20(22,23)24)26-19(27)18(13-5-2-1-3-6-13)25-12-15-7-4-10-28-15/h1-11,18,25H,12H2,(H,26,27)/t18-/m0/s1. The van der Waals surface area contributed by atoms with E-state index in [9.17, 15) is 18.0 Å². The minimum Gasteiger partial charge on any atom is -0.468 e. The van der Waals surface area contributed by atoms with E-state index in [2.05, 4.69) is 10.6 Å². The van der Waals surface area contributed by atoms with Gasteiger partial charge in [-0.3, -0.25) is 10.1 Å². The van der Waals surface area contributed by atoms with Gasteiger partial charge in [0, 0.05) is 5.02 Å². The maximum atomic E-state index is 13.3. The third-order valence-corrected chi connectivity index (χ3v) is 4.24. The lowest BCUT2D eigenvalue weighted by molar-refractivity contribution is -0.137. The smallest absolute Gasteiger partial charge is 0.418 e. The molecular formula is C20H16ClF3N2O2. The van der Waals surface area contributed by atoms with Crippen LogP contribution in [-0.4, -0.2) is 5.91 Å². The van der Waals surface area contributed by atoms with E-state index in [1.54, 1.807) is 42.5 Å². The Bertz CT molecular complexity index is 928. The van der Waals surface area contributed by atoms with Crippen LogP contribution in [0.3, 0.4) is 0 Å². The summed E-state index contributed by atoms with van der Waals surface area (Å²) in [6.07, 6.45) is -3.16. The third-order valence-electron chi connectivity index (χ3n) is 4.00. The van der Waals surface area contributed by atoms with E-state index in [1.165, 1.54) is 12.3 Å². The summed E-state index contributed by atoms with van der Waals surface area (Å²) >= 11 is 5.69. The zero-order valence-electron chi connectivity index (χ0n) is 14.5. The summed E-state index contributed by atoms with van der Waals surface area (Å²) in [7, 11) is 0. The molecule has 0 aliphatic rings. The fourth-order valence-corrected chi connectivity index (χ4v) is 2.86. The van der Waals surface area contributed by atoms with Crippen LogP contribution in [0.1, 0.15) is 22.9 Å². The molecular weight excluding hydrogens is 393 g/mol. The van der Waals surface area contributed by atoms with Crippen molar-refractivity contribution in [1.29, 1.82) is 0 Å². The largest absolute Gasteiger partial charge is 0.468 e. The van der Waals surface area contributed by atoms with E-state index < -0.39 is 23.7 Å². The SMILES string of the molecule is O=C(Nc1ccc(Cl)cc1C(F)(F)F)[C@@H](NCc1ccco1)c1ccccc1. The van der Waals surface area contributed by atoms with Crippen LogP contribution in [-0.2, 0) is 17.5 Å². The van der Waals surface area contributed by atoms with Crippen LogP contribution >= 0.6 is 11.6 Å². The van der Waals surface area contributed by atoms with Gasteiger partial charge in [-0.2, -0.15) is 13.2 Å². The van der Waals surface area contributed by atoms with Crippen molar-refractivity contribution in [2.45, 2.75) is 18.8 Å². The quantitative estimate of drug-likeness (QED) is 0.572. The van der Waals surface area contributed by atoms with Crippen LogP contribution in [0.2, 0.25) is 5.02 Å². The van der Waals surface area contributed by atoms with E-state index >= 15 is 0 Å². The van der Waals surface area contributed by atoms with E-state index in [-0.39, 0.29) is 17.3 Å². The molecule has 4 nitrogen and oxygen atoms in total. The Balaban J connectivity index is 1.86. The first-order valence-electron chi connectivity index (χ1n) is 8.33. The predicted octanol–water partition coefficient (Wildman–Crippen LogP) is 5.42. The molecule has 0 saturated heterocycles. The lowest BCUT2D eigenvalue weighted by Crippen LogP contribution is -2.33.